The lowest BCUT2D eigenvalue weighted by atomic mass is 10.2. The van der Waals surface area contributed by atoms with Crippen LogP contribution in [-0.4, -0.2) is 22.1 Å². The van der Waals surface area contributed by atoms with Gasteiger partial charge in [-0.3, -0.25) is 9.59 Å². The van der Waals surface area contributed by atoms with E-state index >= 15 is 0 Å². The average Bonchev–Trinajstić information content (AvgIpc) is 2.87. The van der Waals surface area contributed by atoms with Gasteiger partial charge in [0.05, 0.1) is 13.2 Å². The number of para-hydroxylation sites is 2. The molecule has 0 unspecified atom stereocenters. The molecule has 172 valence electrons. The standard InChI is InChI=1S/C27H25N3O4/c1-2-33-23-12-6-7-13-24(23)34-25-15-14-21(17-28-25)18-29-26(31)22-11-8-16-30(27(22)32)19-20-9-4-3-5-10-20/h3-17H,2,18-19H2,1H3,(H,29,31). The van der Waals surface area contributed by atoms with Gasteiger partial charge < -0.3 is 19.4 Å². The van der Waals surface area contributed by atoms with Crippen LogP contribution in [-0.2, 0) is 13.1 Å². The Bertz CT molecular complexity index is 1300. The molecule has 0 fully saturated rings. The second-order valence-electron chi connectivity index (χ2n) is 7.51. The SMILES string of the molecule is CCOc1ccccc1Oc1ccc(CNC(=O)c2cccn(Cc3ccccc3)c2=O)cn1. The molecule has 34 heavy (non-hydrogen) atoms. The first-order chi connectivity index (χ1) is 16.6. The van der Waals surface area contributed by atoms with Crippen molar-refractivity contribution in [1.82, 2.24) is 14.9 Å². The number of nitrogens with zero attached hydrogens (tertiary/aromatic N) is 2. The summed E-state index contributed by atoms with van der Waals surface area (Å²) >= 11 is 0. The van der Waals surface area contributed by atoms with Crippen LogP contribution < -0.4 is 20.3 Å². The van der Waals surface area contributed by atoms with Crippen LogP contribution in [0.15, 0.2) is 96.1 Å². The van der Waals surface area contributed by atoms with Gasteiger partial charge in [0, 0.05) is 25.0 Å². The number of carbonyl (C=O) groups excluding carboxylic acids is 1. The zero-order valence-electron chi connectivity index (χ0n) is 18.8. The average molecular weight is 456 g/mol. The fourth-order valence-electron chi connectivity index (χ4n) is 3.39. The van der Waals surface area contributed by atoms with Crippen molar-refractivity contribution in [1.29, 1.82) is 0 Å². The normalized spacial score (nSPS) is 10.5. The van der Waals surface area contributed by atoms with Crippen LogP contribution in [0.1, 0.15) is 28.4 Å². The second kappa shape index (κ2) is 11.0. The van der Waals surface area contributed by atoms with Crippen molar-refractivity contribution in [3.05, 3.63) is 118 Å². The van der Waals surface area contributed by atoms with E-state index in [1.54, 1.807) is 24.5 Å². The maximum Gasteiger partial charge on any atom is 0.263 e. The third kappa shape index (κ3) is 5.69. The fraction of sp³-hybridized carbons (Fsp3) is 0.148. The van der Waals surface area contributed by atoms with E-state index in [0.29, 0.717) is 30.5 Å². The molecule has 1 N–H and O–H groups in total. The summed E-state index contributed by atoms with van der Waals surface area (Å²) in [6, 6.07) is 23.8. The van der Waals surface area contributed by atoms with Crippen LogP contribution in [0.25, 0.3) is 0 Å². The van der Waals surface area contributed by atoms with Crippen LogP contribution in [0.3, 0.4) is 0 Å². The van der Waals surface area contributed by atoms with Crippen molar-refractivity contribution >= 4 is 5.91 Å². The third-order valence-corrected chi connectivity index (χ3v) is 5.07. The maximum absolute atomic E-state index is 12.8. The lowest BCUT2D eigenvalue weighted by Gasteiger charge is -2.11. The smallest absolute Gasteiger partial charge is 0.263 e. The number of carbonyl (C=O) groups is 1. The van der Waals surface area contributed by atoms with Crippen molar-refractivity contribution in [2.45, 2.75) is 20.0 Å². The van der Waals surface area contributed by atoms with Gasteiger partial charge in [-0.1, -0.05) is 48.5 Å². The Balaban J connectivity index is 1.38. The lowest BCUT2D eigenvalue weighted by Crippen LogP contribution is -2.32. The van der Waals surface area contributed by atoms with E-state index in [1.807, 2.05) is 67.6 Å². The summed E-state index contributed by atoms with van der Waals surface area (Å²) in [4.78, 5) is 29.8. The van der Waals surface area contributed by atoms with Gasteiger partial charge in [0.2, 0.25) is 5.88 Å². The molecule has 1 amide bonds. The first-order valence-electron chi connectivity index (χ1n) is 11.0. The first-order valence-corrected chi connectivity index (χ1v) is 11.0. The van der Waals surface area contributed by atoms with Crippen molar-refractivity contribution in [3.8, 4) is 17.4 Å². The molecule has 0 atom stereocenters. The minimum Gasteiger partial charge on any atom is -0.490 e. The molecular weight excluding hydrogens is 430 g/mol. The van der Waals surface area contributed by atoms with Gasteiger partial charge in [0.25, 0.3) is 11.5 Å². The van der Waals surface area contributed by atoms with Crippen LogP contribution in [0.4, 0.5) is 0 Å². The highest BCUT2D eigenvalue weighted by molar-refractivity contribution is 5.93. The van der Waals surface area contributed by atoms with Gasteiger partial charge >= 0.3 is 0 Å². The summed E-state index contributed by atoms with van der Waals surface area (Å²) < 4.78 is 12.9. The molecule has 0 aliphatic heterocycles. The van der Waals surface area contributed by atoms with Crippen LogP contribution in [0, 0.1) is 0 Å². The molecule has 2 heterocycles. The van der Waals surface area contributed by atoms with Crippen LogP contribution in [0.5, 0.6) is 17.4 Å². The Morgan fingerprint density at radius 1 is 0.912 bits per heavy atom. The van der Waals surface area contributed by atoms with Gasteiger partial charge in [-0.25, -0.2) is 4.98 Å². The molecule has 0 saturated heterocycles. The molecule has 4 aromatic rings. The van der Waals surface area contributed by atoms with Gasteiger partial charge in [-0.15, -0.1) is 0 Å². The monoisotopic (exact) mass is 455 g/mol. The van der Waals surface area contributed by atoms with Gasteiger partial charge in [0.1, 0.15) is 5.56 Å². The van der Waals surface area contributed by atoms with Gasteiger partial charge in [-0.05, 0) is 42.3 Å². The topological polar surface area (TPSA) is 82.5 Å². The van der Waals surface area contributed by atoms with Crippen molar-refractivity contribution in [2.24, 2.45) is 0 Å². The Morgan fingerprint density at radius 2 is 1.68 bits per heavy atom. The van der Waals surface area contributed by atoms with Crippen molar-refractivity contribution in [2.75, 3.05) is 6.61 Å². The highest BCUT2D eigenvalue weighted by Crippen LogP contribution is 2.30. The van der Waals surface area contributed by atoms with Gasteiger partial charge in [-0.2, -0.15) is 0 Å². The summed E-state index contributed by atoms with van der Waals surface area (Å²) in [7, 11) is 0. The maximum atomic E-state index is 12.8. The molecule has 2 aromatic carbocycles. The Kier molecular flexibility index (Phi) is 7.35. The van der Waals surface area contributed by atoms with E-state index < -0.39 is 5.91 Å². The minimum absolute atomic E-state index is 0.0962. The van der Waals surface area contributed by atoms with E-state index in [-0.39, 0.29) is 17.7 Å². The summed E-state index contributed by atoms with van der Waals surface area (Å²) in [5.74, 6) is 1.20. The highest BCUT2D eigenvalue weighted by Gasteiger charge is 2.12. The first kappa shape index (κ1) is 22.8. The number of ether oxygens (including phenoxy) is 2. The summed E-state index contributed by atoms with van der Waals surface area (Å²) in [6.07, 6.45) is 3.30. The number of hydrogen-bond donors (Lipinski definition) is 1. The van der Waals surface area contributed by atoms with E-state index in [2.05, 4.69) is 10.3 Å². The third-order valence-electron chi connectivity index (χ3n) is 5.07. The van der Waals surface area contributed by atoms with Crippen LogP contribution >= 0.6 is 0 Å². The zero-order chi connectivity index (χ0) is 23.8. The predicted molar refractivity (Wildman–Crippen MR) is 129 cm³/mol. The predicted octanol–water partition coefficient (Wildman–Crippen LogP) is 4.41. The van der Waals surface area contributed by atoms with Crippen molar-refractivity contribution in [3.63, 3.8) is 0 Å². The zero-order valence-corrected chi connectivity index (χ0v) is 18.8. The number of pyridine rings is 2. The van der Waals surface area contributed by atoms with E-state index in [1.165, 1.54) is 10.6 Å². The molecule has 2 aromatic heterocycles. The Morgan fingerprint density at radius 3 is 2.41 bits per heavy atom. The molecular formula is C27H25N3O4. The molecule has 0 aliphatic rings. The van der Waals surface area contributed by atoms with E-state index in [0.717, 1.165) is 11.1 Å². The summed E-state index contributed by atoms with van der Waals surface area (Å²) in [5, 5.41) is 2.79. The molecule has 0 spiro atoms. The highest BCUT2D eigenvalue weighted by atomic mass is 16.5. The Labute approximate surface area is 197 Å². The summed E-state index contributed by atoms with van der Waals surface area (Å²) in [5.41, 5.74) is 1.52. The molecule has 4 rings (SSSR count). The number of nitrogens with one attached hydrogen (secondary N) is 1. The summed E-state index contributed by atoms with van der Waals surface area (Å²) in [6.45, 7) is 3.07. The van der Waals surface area contributed by atoms with E-state index in [9.17, 15) is 9.59 Å². The second-order valence-corrected chi connectivity index (χ2v) is 7.51. The number of aromatic nitrogens is 2. The van der Waals surface area contributed by atoms with Crippen molar-refractivity contribution < 1.29 is 14.3 Å². The largest absolute Gasteiger partial charge is 0.490 e. The molecule has 0 bridgehead atoms. The fourth-order valence-corrected chi connectivity index (χ4v) is 3.39. The van der Waals surface area contributed by atoms with Gasteiger partial charge in [0.15, 0.2) is 11.5 Å². The number of rotatable bonds is 9. The van der Waals surface area contributed by atoms with E-state index in [4.69, 9.17) is 9.47 Å². The lowest BCUT2D eigenvalue weighted by molar-refractivity contribution is 0.0948. The minimum atomic E-state index is -0.432. The quantitative estimate of drug-likeness (QED) is 0.404. The molecule has 0 radical (unpaired) electrons. The molecule has 7 nitrogen and oxygen atoms in total. The number of amides is 1. The molecule has 0 aliphatic carbocycles. The number of hydrogen-bond acceptors (Lipinski definition) is 5. The molecule has 7 heteroatoms. The Hall–Kier alpha value is -4.39. The number of benzene rings is 2. The molecule has 0 saturated carbocycles. The van der Waals surface area contributed by atoms with Crippen LogP contribution in [0.2, 0.25) is 0 Å².